The molecule has 0 aliphatic rings. The molecule has 0 fully saturated rings. The maximum absolute atomic E-state index is 8.66. The first-order valence-corrected chi connectivity index (χ1v) is 3.47. The van der Waals surface area contributed by atoms with Crippen molar-refractivity contribution in [1.82, 2.24) is 0 Å². The Morgan fingerprint density at radius 1 is 1.17 bits per heavy atom. The molecule has 73 valence electrons. The van der Waals surface area contributed by atoms with E-state index in [9.17, 15) is 0 Å². The number of rotatable bonds is 0. The van der Waals surface area contributed by atoms with Gasteiger partial charge in [-0.05, 0) is 0 Å². The molecule has 0 amide bonds. The summed E-state index contributed by atoms with van der Waals surface area (Å²) in [6.07, 6.45) is 0. The van der Waals surface area contributed by atoms with Crippen LogP contribution in [0.1, 0.15) is 0 Å². The van der Waals surface area contributed by atoms with Crippen molar-refractivity contribution in [3.63, 3.8) is 0 Å². The van der Waals surface area contributed by atoms with Crippen LogP contribution >= 0.6 is 7.82 Å². The summed E-state index contributed by atoms with van der Waals surface area (Å²) in [7, 11) is -6.56. The van der Waals surface area contributed by atoms with E-state index in [1.165, 1.54) is 0 Å². The fourth-order valence-corrected chi connectivity index (χ4v) is 0. The molecule has 0 rings (SSSR count). The zero-order valence-electron chi connectivity index (χ0n) is 5.05. The van der Waals surface area contributed by atoms with Gasteiger partial charge < -0.3 is 30.2 Å². The second kappa shape index (κ2) is 22.7. The van der Waals surface area contributed by atoms with Crippen LogP contribution in [0.5, 0.6) is 0 Å². The number of hydrogen-bond donors (Lipinski definition) is 1. The van der Waals surface area contributed by atoms with Gasteiger partial charge in [0.05, 0.1) is 7.82 Å². The second-order valence-corrected chi connectivity index (χ2v) is 1.66. The van der Waals surface area contributed by atoms with Crippen LogP contribution in [0.15, 0.2) is 0 Å². The van der Waals surface area contributed by atoms with E-state index in [1.807, 2.05) is 0 Å². The van der Waals surface area contributed by atoms with Gasteiger partial charge in [-0.1, -0.05) is 0 Å². The molecule has 0 saturated heterocycles. The van der Waals surface area contributed by atoms with Crippen molar-refractivity contribution in [2.24, 2.45) is 0 Å². The van der Waals surface area contributed by atoms with Crippen molar-refractivity contribution in [1.29, 1.82) is 0 Å². The van der Waals surface area contributed by atoms with Gasteiger partial charge in [0.15, 0.2) is 0 Å². The Bertz CT molecular complexity index is 117. The standard InChI is InChI=1S/Cu.H3O4P.O2Si.2O.Ti/c;1-5(2,3)4;1-3-2;;;/h;(H3,1,2,3,4);;;;/q+2;;;2*-2;+4/p-2. The summed E-state index contributed by atoms with van der Waals surface area (Å²) >= 11 is 0. The number of hydrogen-bond acceptors (Lipinski definition) is 5. The molecule has 0 saturated carbocycles. The summed E-state index contributed by atoms with van der Waals surface area (Å²) in [5.41, 5.74) is 0. The molecule has 0 bridgehead atoms. The molecule has 0 aliphatic heterocycles. The summed E-state index contributed by atoms with van der Waals surface area (Å²) in [5, 5.41) is 0. The topological polar surface area (TPSA) is 175 Å². The van der Waals surface area contributed by atoms with E-state index in [0.717, 1.165) is 0 Å². The smallest absolute Gasteiger partial charge is 2.00 e. The van der Waals surface area contributed by atoms with E-state index in [0.29, 0.717) is 0 Å². The van der Waals surface area contributed by atoms with E-state index in [-0.39, 0.29) is 49.7 Å². The Labute approximate surface area is 94.9 Å². The molecule has 0 aliphatic carbocycles. The van der Waals surface area contributed by atoms with Crippen LogP contribution in [0.2, 0.25) is 0 Å². The summed E-state index contributed by atoms with van der Waals surface area (Å²) < 4.78 is 25.5. The van der Waals surface area contributed by atoms with Crippen LogP contribution in [0.4, 0.5) is 0 Å². The van der Waals surface area contributed by atoms with Crippen LogP contribution in [-0.4, -0.2) is 14.2 Å². The minimum atomic E-state index is -5.14. The van der Waals surface area contributed by atoms with E-state index < -0.39 is 17.1 Å². The molecule has 0 spiro atoms. The maximum Gasteiger partial charge on any atom is 4.00 e. The third-order valence-corrected chi connectivity index (χ3v) is 0. The molecule has 1 radical (unpaired) electrons. The molecule has 0 unspecified atom stereocenters. The molecule has 0 heterocycles. The largest absolute Gasteiger partial charge is 4.00 e. The Morgan fingerprint density at radius 3 is 1.17 bits per heavy atom. The van der Waals surface area contributed by atoms with Gasteiger partial charge >= 0.3 is 48.1 Å². The predicted molar refractivity (Wildman–Crippen MR) is 18.3 cm³/mol. The van der Waals surface area contributed by atoms with Crippen LogP contribution < -0.4 is 9.79 Å². The van der Waals surface area contributed by atoms with Crippen molar-refractivity contribution >= 4 is 17.1 Å². The first-order valence-electron chi connectivity index (χ1n) is 1.16. The minimum absolute atomic E-state index is 0. The molecular weight excluding hydrogens is 298 g/mol. The van der Waals surface area contributed by atoms with Crippen molar-refractivity contribution in [3.8, 4) is 0 Å². The van der Waals surface area contributed by atoms with Gasteiger partial charge in [-0.3, -0.25) is 8.92 Å². The summed E-state index contributed by atoms with van der Waals surface area (Å²) in [5.74, 6) is 0. The van der Waals surface area contributed by atoms with E-state index in [2.05, 4.69) is 0 Å². The predicted octanol–water partition coefficient (Wildman–Crippen LogP) is -3.05. The van der Waals surface area contributed by atoms with E-state index in [4.69, 9.17) is 28.2 Å². The van der Waals surface area contributed by atoms with Gasteiger partial charge in [-0.2, -0.15) is 0 Å². The average molecular weight is 299 g/mol. The molecule has 8 nitrogen and oxygen atoms in total. The molecule has 0 aromatic carbocycles. The SMILES string of the molecule is O=P([O-])([O-])O.O=[Si]=O.[Cu+2].[O-2].[O-2].[Ti+4]. The van der Waals surface area contributed by atoms with Gasteiger partial charge in [-0.25, -0.2) is 0 Å². The fraction of sp³-hybridized carbons (Fsp3) is 0. The van der Waals surface area contributed by atoms with E-state index >= 15 is 0 Å². The van der Waals surface area contributed by atoms with Gasteiger partial charge in [0.1, 0.15) is 0 Å². The normalized spacial score (nSPS) is 5.58. The zero-order chi connectivity index (χ0) is 7.21. The van der Waals surface area contributed by atoms with Crippen molar-refractivity contribution in [3.05, 3.63) is 0 Å². The number of phosphoric acid groups is 1. The van der Waals surface area contributed by atoms with Gasteiger partial charge in [-0.15, -0.1) is 0 Å². The Morgan fingerprint density at radius 2 is 1.17 bits per heavy atom. The molecule has 12 heavy (non-hydrogen) atoms. The van der Waals surface area contributed by atoms with Gasteiger partial charge in [0.2, 0.25) is 0 Å². The van der Waals surface area contributed by atoms with Crippen molar-refractivity contribution in [2.75, 3.05) is 0 Å². The van der Waals surface area contributed by atoms with E-state index in [1.54, 1.807) is 0 Å². The molecule has 1 N–H and O–H groups in total. The Balaban J connectivity index is -0.0000000119. The third kappa shape index (κ3) is 964. The fourth-order valence-electron chi connectivity index (χ4n) is 0. The van der Waals surface area contributed by atoms with Crippen molar-refractivity contribution in [2.45, 2.75) is 0 Å². The summed E-state index contributed by atoms with van der Waals surface area (Å²) in [6.45, 7) is 0. The first kappa shape index (κ1) is 38.1. The second-order valence-electron chi connectivity index (χ2n) is 0.552. The van der Waals surface area contributed by atoms with Crippen LogP contribution in [0, 0.1) is 0 Å². The third-order valence-electron chi connectivity index (χ3n) is 0. The molecule has 0 atom stereocenters. The van der Waals surface area contributed by atoms with Gasteiger partial charge in [0.25, 0.3) is 0 Å². The minimum Gasteiger partial charge on any atom is -2.00 e. The molecule has 0 aromatic rings. The molecular formula is HCuO8PSiTi. The van der Waals surface area contributed by atoms with Crippen LogP contribution in [0.25, 0.3) is 0 Å². The Kier molecular flexibility index (Phi) is 72.1. The van der Waals surface area contributed by atoms with Gasteiger partial charge in [0, 0.05) is 0 Å². The molecule has 0 aromatic heterocycles. The Hall–Kier alpha value is 1.08. The first-order chi connectivity index (χ1) is 3.41. The average Bonchev–Trinajstić information content (AvgIpc) is 1.27. The monoisotopic (exact) mass is 299 g/mol. The summed E-state index contributed by atoms with van der Waals surface area (Å²) in [4.78, 5) is 24.3. The summed E-state index contributed by atoms with van der Waals surface area (Å²) in [6, 6.07) is 0. The van der Waals surface area contributed by atoms with Crippen LogP contribution in [-0.2, 0) is 63.2 Å². The van der Waals surface area contributed by atoms with Crippen molar-refractivity contribution < 1.29 is 77.9 Å². The quantitative estimate of drug-likeness (QED) is 0.367. The maximum atomic E-state index is 8.66. The zero-order valence-corrected chi connectivity index (χ0v) is 9.45. The molecule has 12 heteroatoms. The van der Waals surface area contributed by atoms with Crippen LogP contribution in [0.3, 0.4) is 0 Å².